The zero-order valence-electron chi connectivity index (χ0n) is 28.3. The standard InChI is InChI=1S/C47H28N6/c48-27-31-19-21-50-45(23-31)43-17-13-35(29-52-43)33-11-15-41-39(25-33)40-26-34(36-14-18-44(53-30-36)46-24-32(28-49)20-22-51-46)12-16-42(40)47(41,37-7-3-1-4-8-37)38-9-5-2-6-10-38/h1-26,29-30H. The Morgan fingerprint density at radius 2 is 0.830 bits per heavy atom. The summed E-state index contributed by atoms with van der Waals surface area (Å²) < 4.78 is 0. The smallest absolute Gasteiger partial charge is 0.0992 e. The van der Waals surface area contributed by atoms with Gasteiger partial charge in [0.1, 0.15) is 0 Å². The average Bonchev–Trinajstić information content (AvgIpc) is 3.54. The number of pyridine rings is 4. The summed E-state index contributed by atoms with van der Waals surface area (Å²) in [5.41, 5.74) is 14.5. The highest BCUT2D eigenvalue weighted by molar-refractivity contribution is 5.91. The van der Waals surface area contributed by atoms with Crippen molar-refractivity contribution in [3.63, 3.8) is 0 Å². The molecule has 6 heteroatoms. The van der Waals surface area contributed by atoms with Gasteiger partial charge in [0.25, 0.3) is 0 Å². The van der Waals surface area contributed by atoms with E-state index in [1.807, 2.05) is 24.5 Å². The van der Waals surface area contributed by atoms with Gasteiger partial charge in [-0.05, 0) is 93.0 Å². The van der Waals surface area contributed by atoms with Gasteiger partial charge < -0.3 is 0 Å². The molecule has 1 aliphatic carbocycles. The van der Waals surface area contributed by atoms with E-state index in [0.29, 0.717) is 33.9 Å². The molecule has 4 aromatic carbocycles. The second-order valence-electron chi connectivity index (χ2n) is 13.0. The van der Waals surface area contributed by atoms with E-state index in [1.54, 1.807) is 36.7 Å². The molecular weight excluding hydrogens is 649 g/mol. The van der Waals surface area contributed by atoms with E-state index in [-0.39, 0.29) is 0 Å². The number of benzene rings is 4. The lowest BCUT2D eigenvalue weighted by atomic mass is 9.67. The van der Waals surface area contributed by atoms with E-state index >= 15 is 0 Å². The van der Waals surface area contributed by atoms with Crippen molar-refractivity contribution in [2.24, 2.45) is 0 Å². The van der Waals surface area contributed by atoms with Gasteiger partial charge in [-0.3, -0.25) is 19.9 Å². The number of aromatic nitrogens is 4. The van der Waals surface area contributed by atoms with Gasteiger partial charge in [0.05, 0.1) is 51.5 Å². The molecule has 0 spiro atoms. The van der Waals surface area contributed by atoms with Gasteiger partial charge in [0.15, 0.2) is 0 Å². The van der Waals surface area contributed by atoms with Crippen molar-refractivity contribution in [2.75, 3.05) is 0 Å². The maximum Gasteiger partial charge on any atom is 0.0992 e. The highest BCUT2D eigenvalue weighted by Gasteiger charge is 2.46. The van der Waals surface area contributed by atoms with Crippen molar-refractivity contribution in [1.29, 1.82) is 10.5 Å². The third kappa shape index (κ3) is 5.34. The van der Waals surface area contributed by atoms with Crippen LogP contribution in [0.25, 0.3) is 56.2 Å². The minimum absolute atomic E-state index is 0.538. The first-order chi connectivity index (χ1) is 26.1. The Labute approximate surface area is 307 Å². The molecule has 6 nitrogen and oxygen atoms in total. The zero-order chi connectivity index (χ0) is 35.8. The summed E-state index contributed by atoms with van der Waals surface area (Å²) >= 11 is 0. The van der Waals surface area contributed by atoms with Crippen LogP contribution in [-0.2, 0) is 5.41 Å². The van der Waals surface area contributed by atoms with Crippen LogP contribution in [0, 0.1) is 22.7 Å². The quantitative estimate of drug-likeness (QED) is 0.174. The normalized spacial score (nSPS) is 12.3. The van der Waals surface area contributed by atoms with Crippen molar-refractivity contribution in [3.8, 4) is 68.3 Å². The van der Waals surface area contributed by atoms with Gasteiger partial charge in [0, 0.05) is 35.9 Å². The van der Waals surface area contributed by atoms with Crippen LogP contribution in [0.3, 0.4) is 0 Å². The van der Waals surface area contributed by atoms with E-state index < -0.39 is 5.41 Å². The van der Waals surface area contributed by atoms with Crippen LogP contribution in [0.2, 0.25) is 0 Å². The Morgan fingerprint density at radius 1 is 0.396 bits per heavy atom. The molecule has 0 aliphatic heterocycles. The Bertz CT molecular complexity index is 2530. The molecule has 0 radical (unpaired) electrons. The number of rotatable bonds is 6. The van der Waals surface area contributed by atoms with Gasteiger partial charge >= 0.3 is 0 Å². The lowest BCUT2D eigenvalue weighted by Crippen LogP contribution is -2.28. The highest BCUT2D eigenvalue weighted by atomic mass is 14.8. The highest BCUT2D eigenvalue weighted by Crippen LogP contribution is 2.57. The van der Waals surface area contributed by atoms with Crippen molar-refractivity contribution >= 4 is 0 Å². The van der Waals surface area contributed by atoms with Gasteiger partial charge in [-0.1, -0.05) is 97.1 Å². The van der Waals surface area contributed by atoms with Crippen LogP contribution in [0.1, 0.15) is 33.4 Å². The molecule has 0 atom stereocenters. The lowest BCUT2D eigenvalue weighted by molar-refractivity contribution is 0.768. The molecule has 4 aromatic heterocycles. The largest absolute Gasteiger partial charge is 0.255 e. The summed E-state index contributed by atoms with van der Waals surface area (Å²) in [6.07, 6.45) is 7.02. The second-order valence-corrected chi connectivity index (χ2v) is 13.0. The van der Waals surface area contributed by atoms with Crippen LogP contribution in [-0.4, -0.2) is 19.9 Å². The summed E-state index contributed by atoms with van der Waals surface area (Å²) in [4.78, 5) is 18.4. The molecule has 0 unspecified atom stereocenters. The average molecular weight is 677 g/mol. The van der Waals surface area contributed by atoms with Crippen LogP contribution in [0.4, 0.5) is 0 Å². The van der Waals surface area contributed by atoms with Crippen molar-refractivity contribution < 1.29 is 0 Å². The minimum Gasteiger partial charge on any atom is -0.255 e. The fourth-order valence-electron chi connectivity index (χ4n) is 7.57. The van der Waals surface area contributed by atoms with E-state index in [1.165, 1.54) is 22.3 Å². The number of fused-ring (bicyclic) bond motifs is 3. The molecule has 9 rings (SSSR count). The lowest BCUT2D eigenvalue weighted by Gasteiger charge is -2.34. The van der Waals surface area contributed by atoms with Crippen LogP contribution < -0.4 is 0 Å². The van der Waals surface area contributed by atoms with E-state index in [2.05, 4.69) is 131 Å². The second kappa shape index (κ2) is 13.0. The fraction of sp³-hybridized carbons (Fsp3) is 0.0213. The van der Waals surface area contributed by atoms with Crippen LogP contribution in [0.15, 0.2) is 170 Å². The van der Waals surface area contributed by atoms with Gasteiger partial charge in [-0.25, -0.2) is 0 Å². The molecule has 0 fully saturated rings. The summed E-state index contributed by atoms with van der Waals surface area (Å²) in [6, 6.07) is 54.3. The third-order valence-corrected chi connectivity index (χ3v) is 10.0. The van der Waals surface area contributed by atoms with Crippen molar-refractivity contribution in [3.05, 3.63) is 204 Å². The molecule has 0 saturated carbocycles. The summed E-state index contributed by atoms with van der Waals surface area (Å²) in [5.74, 6) is 0. The Kier molecular flexibility index (Phi) is 7.70. The van der Waals surface area contributed by atoms with Crippen LogP contribution >= 0.6 is 0 Å². The first-order valence-corrected chi connectivity index (χ1v) is 17.2. The van der Waals surface area contributed by atoms with Gasteiger partial charge in [-0.2, -0.15) is 10.5 Å². The summed E-state index contributed by atoms with van der Waals surface area (Å²) in [5, 5.41) is 18.7. The maximum atomic E-state index is 9.37. The summed E-state index contributed by atoms with van der Waals surface area (Å²) in [6.45, 7) is 0. The number of hydrogen-bond donors (Lipinski definition) is 0. The number of hydrogen-bond acceptors (Lipinski definition) is 6. The molecule has 8 aromatic rings. The predicted molar refractivity (Wildman–Crippen MR) is 206 cm³/mol. The predicted octanol–water partition coefficient (Wildman–Crippen LogP) is 10.0. The molecule has 0 saturated heterocycles. The minimum atomic E-state index is -0.538. The van der Waals surface area contributed by atoms with Crippen LogP contribution in [0.5, 0.6) is 0 Å². The maximum absolute atomic E-state index is 9.37. The molecule has 246 valence electrons. The monoisotopic (exact) mass is 676 g/mol. The van der Waals surface area contributed by atoms with E-state index in [9.17, 15) is 10.5 Å². The topological polar surface area (TPSA) is 99.1 Å². The molecule has 0 amide bonds. The van der Waals surface area contributed by atoms with Gasteiger partial charge in [-0.15, -0.1) is 0 Å². The Morgan fingerprint density at radius 3 is 1.23 bits per heavy atom. The molecule has 53 heavy (non-hydrogen) atoms. The molecule has 4 heterocycles. The molecule has 1 aliphatic rings. The molecular formula is C47H28N6. The molecule has 0 N–H and O–H groups in total. The summed E-state index contributed by atoms with van der Waals surface area (Å²) in [7, 11) is 0. The first-order valence-electron chi connectivity index (χ1n) is 17.2. The van der Waals surface area contributed by atoms with Gasteiger partial charge in [0.2, 0.25) is 0 Å². The van der Waals surface area contributed by atoms with Crippen molar-refractivity contribution in [1.82, 2.24) is 19.9 Å². The number of nitrogens with zero attached hydrogens (tertiary/aromatic N) is 6. The van der Waals surface area contributed by atoms with E-state index in [0.717, 1.165) is 33.4 Å². The third-order valence-electron chi connectivity index (χ3n) is 10.0. The number of nitriles is 2. The molecule has 0 bridgehead atoms. The Hall–Kier alpha value is -7.54. The SMILES string of the molecule is N#Cc1ccnc(-c2ccc(-c3ccc4c(c3)-c3cc(-c5ccc(-c6cc(C#N)ccn6)nc5)ccc3C4(c3ccccc3)c3ccccc3)cn2)c1. The zero-order valence-corrected chi connectivity index (χ0v) is 28.3. The van der Waals surface area contributed by atoms with Crippen molar-refractivity contribution in [2.45, 2.75) is 5.41 Å². The fourth-order valence-corrected chi connectivity index (χ4v) is 7.57. The van der Waals surface area contributed by atoms with E-state index in [4.69, 9.17) is 9.97 Å². The first kappa shape index (κ1) is 31.4. The Balaban J connectivity index is 1.20.